The summed E-state index contributed by atoms with van der Waals surface area (Å²) in [6.45, 7) is 0.673. The number of aromatic carboxylic acids is 1. The van der Waals surface area contributed by atoms with Gasteiger partial charge >= 0.3 is 5.97 Å². The molecule has 1 amide bonds. The molecule has 0 unspecified atom stereocenters. The van der Waals surface area contributed by atoms with Crippen LogP contribution in [0.15, 0.2) is 18.2 Å². The SMILES string of the molecule is NCCCCCCC(=O)Nc1cc(Cl)cc(C(=O)O)c1. The highest BCUT2D eigenvalue weighted by atomic mass is 35.5. The maximum atomic E-state index is 11.7. The van der Waals surface area contributed by atoms with Gasteiger partial charge in [-0.1, -0.05) is 24.4 Å². The molecule has 0 bridgehead atoms. The number of unbranched alkanes of at least 4 members (excludes halogenated alkanes) is 3. The van der Waals surface area contributed by atoms with Gasteiger partial charge in [-0.05, 0) is 37.6 Å². The minimum atomic E-state index is -1.08. The molecular formula is C14H19ClN2O3. The Morgan fingerprint density at radius 3 is 2.50 bits per heavy atom. The maximum Gasteiger partial charge on any atom is 0.335 e. The topological polar surface area (TPSA) is 92.4 Å². The quantitative estimate of drug-likeness (QED) is 0.643. The van der Waals surface area contributed by atoms with E-state index in [0.29, 0.717) is 18.7 Å². The van der Waals surface area contributed by atoms with Crippen LogP contribution < -0.4 is 11.1 Å². The minimum absolute atomic E-state index is 0.0516. The summed E-state index contributed by atoms with van der Waals surface area (Å²) < 4.78 is 0. The monoisotopic (exact) mass is 298 g/mol. The molecule has 0 radical (unpaired) electrons. The number of rotatable bonds is 8. The van der Waals surface area contributed by atoms with Gasteiger partial charge in [-0.3, -0.25) is 4.79 Å². The van der Waals surface area contributed by atoms with Gasteiger partial charge < -0.3 is 16.2 Å². The Morgan fingerprint density at radius 2 is 1.85 bits per heavy atom. The summed E-state index contributed by atoms with van der Waals surface area (Å²) in [6, 6.07) is 4.26. The van der Waals surface area contributed by atoms with Crippen LogP contribution in [0, 0.1) is 0 Å². The van der Waals surface area contributed by atoms with Crippen molar-refractivity contribution in [2.24, 2.45) is 5.73 Å². The lowest BCUT2D eigenvalue weighted by atomic mass is 10.1. The third-order valence-corrected chi connectivity index (χ3v) is 3.00. The lowest BCUT2D eigenvalue weighted by Gasteiger charge is -2.07. The molecule has 6 heteroatoms. The van der Waals surface area contributed by atoms with Crippen LogP contribution in [-0.2, 0) is 4.79 Å². The third-order valence-electron chi connectivity index (χ3n) is 2.79. The van der Waals surface area contributed by atoms with E-state index in [-0.39, 0.29) is 16.5 Å². The molecule has 5 nitrogen and oxygen atoms in total. The van der Waals surface area contributed by atoms with Crippen LogP contribution >= 0.6 is 11.6 Å². The number of carboxylic acid groups (broad SMARTS) is 1. The van der Waals surface area contributed by atoms with Crippen molar-refractivity contribution in [2.75, 3.05) is 11.9 Å². The summed E-state index contributed by atoms with van der Waals surface area (Å²) >= 11 is 5.81. The molecule has 4 N–H and O–H groups in total. The summed E-state index contributed by atoms with van der Waals surface area (Å²) in [5, 5.41) is 11.8. The van der Waals surface area contributed by atoms with E-state index in [4.69, 9.17) is 22.4 Å². The molecule has 0 heterocycles. The Kier molecular flexibility index (Phi) is 7.04. The summed E-state index contributed by atoms with van der Waals surface area (Å²) in [7, 11) is 0. The van der Waals surface area contributed by atoms with Gasteiger partial charge in [0.25, 0.3) is 0 Å². The van der Waals surface area contributed by atoms with Gasteiger partial charge in [0.15, 0.2) is 0 Å². The molecule has 0 fully saturated rings. The molecule has 0 aliphatic carbocycles. The van der Waals surface area contributed by atoms with E-state index in [0.717, 1.165) is 25.7 Å². The molecule has 0 spiro atoms. The fourth-order valence-corrected chi connectivity index (χ4v) is 2.03. The van der Waals surface area contributed by atoms with E-state index in [2.05, 4.69) is 5.32 Å². The van der Waals surface area contributed by atoms with Gasteiger partial charge in [0.05, 0.1) is 5.56 Å². The van der Waals surface area contributed by atoms with Crippen molar-refractivity contribution in [1.82, 2.24) is 0 Å². The number of carbonyl (C=O) groups excluding carboxylic acids is 1. The molecule has 20 heavy (non-hydrogen) atoms. The van der Waals surface area contributed by atoms with Gasteiger partial charge in [0, 0.05) is 17.1 Å². The van der Waals surface area contributed by atoms with Crippen molar-refractivity contribution in [3.63, 3.8) is 0 Å². The molecule has 0 saturated carbocycles. The number of benzene rings is 1. The zero-order valence-corrected chi connectivity index (χ0v) is 11.9. The van der Waals surface area contributed by atoms with Gasteiger partial charge in [-0.15, -0.1) is 0 Å². The standard InChI is InChI=1S/C14H19ClN2O3/c15-11-7-10(14(19)20)8-12(9-11)17-13(18)5-3-1-2-4-6-16/h7-9H,1-6,16H2,(H,17,18)(H,19,20). The first-order chi connectivity index (χ1) is 9.52. The summed E-state index contributed by atoms with van der Waals surface area (Å²) in [6.07, 6.45) is 4.14. The Balaban J connectivity index is 2.47. The fourth-order valence-electron chi connectivity index (χ4n) is 1.79. The largest absolute Gasteiger partial charge is 0.478 e. The van der Waals surface area contributed by atoms with Gasteiger partial charge in [-0.25, -0.2) is 4.79 Å². The van der Waals surface area contributed by atoms with Crippen LogP contribution in [0.25, 0.3) is 0 Å². The van der Waals surface area contributed by atoms with Crippen LogP contribution in [0.1, 0.15) is 42.5 Å². The van der Waals surface area contributed by atoms with E-state index in [1.807, 2.05) is 0 Å². The molecule has 0 aliphatic heterocycles. The van der Waals surface area contributed by atoms with Crippen molar-refractivity contribution in [3.8, 4) is 0 Å². The van der Waals surface area contributed by atoms with Crippen molar-refractivity contribution in [3.05, 3.63) is 28.8 Å². The van der Waals surface area contributed by atoms with Gasteiger partial charge in [-0.2, -0.15) is 0 Å². The van der Waals surface area contributed by atoms with Crippen LogP contribution in [0.3, 0.4) is 0 Å². The van der Waals surface area contributed by atoms with Crippen molar-refractivity contribution < 1.29 is 14.7 Å². The van der Waals surface area contributed by atoms with Crippen molar-refractivity contribution in [1.29, 1.82) is 0 Å². The van der Waals surface area contributed by atoms with Crippen LogP contribution in [0.4, 0.5) is 5.69 Å². The molecule has 0 aromatic heterocycles. The second-order valence-electron chi connectivity index (χ2n) is 4.53. The molecule has 0 aliphatic rings. The van der Waals surface area contributed by atoms with Crippen LogP contribution in [-0.4, -0.2) is 23.5 Å². The lowest BCUT2D eigenvalue weighted by molar-refractivity contribution is -0.116. The number of amides is 1. The summed E-state index contributed by atoms with van der Waals surface area (Å²) in [4.78, 5) is 22.6. The summed E-state index contributed by atoms with van der Waals surface area (Å²) in [5.74, 6) is -1.22. The first-order valence-electron chi connectivity index (χ1n) is 6.56. The van der Waals surface area contributed by atoms with E-state index < -0.39 is 5.97 Å². The zero-order chi connectivity index (χ0) is 15.0. The number of hydrogen-bond donors (Lipinski definition) is 3. The number of nitrogens with two attached hydrogens (primary N) is 1. The number of carboxylic acids is 1. The Morgan fingerprint density at radius 1 is 1.15 bits per heavy atom. The van der Waals surface area contributed by atoms with E-state index in [1.165, 1.54) is 18.2 Å². The predicted molar refractivity (Wildman–Crippen MR) is 79.2 cm³/mol. The zero-order valence-electron chi connectivity index (χ0n) is 11.2. The molecule has 1 aromatic carbocycles. The number of hydrogen-bond acceptors (Lipinski definition) is 3. The number of halogens is 1. The summed E-state index contributed by atoms with van der Waals surface area (Å²) in [5.41, 5.74) is 5.84. The smallest absolute Gasteiger partial charge is 0.335 e. The fraction of sp³-hybridized carbons (Fsp3) is 0.429. The van der Waals surface area contributed by atoms with Crippen LogP contribution in [0.5, 0.6) is 0 Å². The number of anilines is 1. The molecule has 1 aromatic rings. The Labute approximate surface area is 123 Å². The Hall–Kier alpha value is -1.59. The number of nitrogens with one attached hydrogen (secondary N) is 1. The molecule has 0 saturated heterocycles. The van der Waals surface area contributed by atoms with Crippen molar-refractivity contribution in [2.45, 2.75) is 32.1 Å². The highest BCUT2D eigenvalue weighted by Crippen LogP contribution is 2.19. The average molecular weight is 299 g/mol. The van der Waals surface area contributed by atoms with Crippen molar-refractivity contribution >= 4 is 29.2 Å². The molecule has 110 valence electrons. The second kappa shape index (κ2) is 8.55. The highest BCUT2D eigenvalue weighted by molar-refractivity contribution is 6.31. The molecular weight excluding hydrogens is 280 g/mol. The molecule has 0 atom stereocenters. The average Bonchev–Trinajstić information content (AvgIpc) is 2.37. The normalized spacial score (nSPS) is 10.3. The lowest BCUT2D eigenvalue weighted by Crippen LogP contribution is -2.12. The minimum Gasteiger partial charge on any atom is -0.478 e. The van der Waals surface area contributed by atoms with Gasteiger partial charge in [0.2, 0.25) is 5.91 Å². The highest BCUT2D eigenvalue weighted by Gasteiger charge is 2.08. The van der Waals surface area contributed by atoms with Gasteiger partial charge in [0.1, 0.15) is 0 Å². The third kappa shape index (κ3) is 6.04. The predicted octanol–water partition coefficient (Wildman–Crippen LogP) is 2.89. The first kappa shape index (κ1) is 16.5. The number of carbonyl (C=O) groups is 2. The Bertz CT molecular complexity index is 477. The second-order valence-corrected chi connectivity index (χ2v) is 4.97. The maximum absolute atomic E-state index is 11.7. The first-order valence-corrected chi connectivity index (χ1v) is 6.94. The molecule has 1 rings (SSSR count). The van der Waals surface area contributed by atoms with E-state index in [9.17, 15) is 9.59 Å². The van der Waals surface area contributed by atoms with E-state index >= 15 is 0 Å². The van der Waals surface area contributed by atoms with Crippen LogP contribution in [0.2, 0.25) is 5.02 Å². The van der Waals surface area contributed by atoms with E-state index in [1.54, 1.807) is 0 Å².